The van der Waals surface area contributed by atoms with Crippen LogP contribution in [-0.4, -0.2) is 23.9 Å². The monoisotopic (exact) mass is 347 g/mol. The Bertz CT molecular complexity index is 926. The van der Waals surface area contributed by atoms with Gasteiger partial charge in [0.2, 0.25) is 0 Å². The molecule has 0 saturated carbocycles. The summed E-state index contributed by atoms with van der Waals surface area (Å²) in [5, 5.41) is 5.48. The molecule has 2 amide bonds. The molecule has 0 bridgehead atoms. The number of anilines is 2. The highest BCUT2D eigenvalue weighted by Crippen LogP contribution is 2.17. The van der Waals surface area contributed by atoms with E-state index in [0.717, 1.165) is 0 Å². The number of aromatic nitrogens is 1. The number of pyridine rings is 1. The van der Waals surface area contributed by atoms with Crippen LogP contribution >= 0.6 is 0 Å². The number of nitrogens with zero attached hydrogens (tertiary/aromatic N) is 1. The third-order valence-corrected chi connectivity index (χ3v) is 3.57. The van der Waals surface area contributed by atoms with Crippen molar-refractivity contribution < 1.29 is 14.3 Å². The van der Waals surface area contributed by atoms with Crippen molar-refractivity contribution in [3.63, 3.8) is 0 Å². The normalized spacial score (nSPS) is 10.0. The van der Waals surface area contributed by atoms with Gasteiger partial charge < -0.3 is 15.4 Å². The van der Waals surface area contributed by atoms with Crippen molar-refractivity contribution >= 4 is 23.2 Å². The maximum atomic E-state index is 12.4. The zero-order valence-corrected chi connectivity index (χ0v) is 14.1. The Labute approximate surface area is 150 Å². The van der Waals surface area contributed by atoms with Crippen molar-refractivity contribution in [1.82, 2.24) is 4.98 Å². The largest absolute Gasteiger partial charge is 0.497 e. The van der Waals surface area contributed by atoms with E-state index in [1.54, 1.807) is 61.7 Å². The highest BCUT2D eigenvalue weighted by atomic mass is 16.5. The summed E-state index contributed by atoms with van der Waals surface area (Å²) in [5.41, 5.74) is 1.54. The van der Waals surface area contributed by atoms with Crippen LogP contribution in [0.25, 0.3) is 0 Å². The van der Waals surface area contributed by atoms with Gasteiger partial charge in [0.25, 0.3) is 11.8 Å². The Kier molecular flexibility index (Phi) is 5.24. The maximum Gasteiger partial charge on any atom is 0.274 e. The maximum absolute atomic E-state index is 12.4. The van der Waals surface area contributed by atoms with Gasteiger partial charge in [-0.2, -0.15) is 0 Å². The minimum atomic E-state index is -0.410. The van der Waals surface area contributed by atoms with E-state index in [0.29, 0.717) is 17.1 Å². The third-order valence-electron chi connectivity index (χ3n) is 3.57. The number of amides is 2. The first-order valence-corrected chi connectivity index (χ1v) is 7.94. The Morgan fingerprint density at radius 2 is 1.35 bits per heavy atom. The summed E-state index contributed by atoms with van der Waals surface area (Å²) in [6.45, 7) is 0. The first-order valence-electron chi connectivity index (χ1n) is 7.94. The Balaban J connectivity index is 1.73. The van der Waals surface area contributed by atoms with Gasteiger partial charge in [-0.05, 0) is 36.4 Å². The summed E-state index contributed by atoms with van der Waals surface area (Å²) in [7, 11) is 1.55. The van der Waals surface area contributed by atoms with Gasteiger partial charge in [0.05, 0.1) is 7.11 Å². The van der Waals surface area contributed by atoms with Crippen LogP contribution in [0.4, 0.5) is 11.4 Å². The first kappa shape index (κ1) is 17.2. The molecule has 3 rings (SSSR count). The minimum absolute atomic E-state index is 0.147. The lowest BCUT2D eigenvalue weighted by atomic mass is 10.2. The lowest BCUT2D eigenvalue weighted by Crippen LogP contribution is -2.18. The summed E-state index contributed by atoms with van der Waals surface area (Å²) < 4.78 is 5.13. The van der Waals surface area contributed by atoms with Gasteiger partial charge >= 0.3 is 0 Å². The molecule has 130 valence electrons. The van der Waals surface area contributed by atoms with E-state index in [2.05, 4.69) is 15.6 Å². The number of nitrogens with one attached hydrogen (secondary N) is 2. The molecular formula is C20H17N3O3. The van der Waals surface area contributed by atoms with Gasteiger partial charge in [-0.25, -0.2) is 4.98 Å². The van der Waals surface area contributed by atoms with E-state index in [9.17, 15) is 9.59 Å². The fourth-order valence-electron chi connectivity index (χ4n) is 2.30. The highest BCUT2D eigenvalue weighted by Gasteiger charge is 2.13. The molecule has 2 aromatic carbocycles. The molecule has 6 heteroatoms. The fraction of sp³-hybridized carbons (Fsp3) is 0.0500. The van der Waals surface area contributed by atoms with Crippen LogP contribution in [0.15, 0.2) is 72.8 Å². The number of rotatable bonds is 5. The standard InChI is InChI=1S/C20H17N3O3/c1-26-16-10-5-9-15(13-16)22-20(25)18-12-6-11-17(23-18)19(24)21-14-7-3-2-4-8-14/h2-13H,1H3,(H,21,24)(H,22,25). The van der Waals surface area contributed by atoms with E-state index in [-0.39, 0.29) is 17.3 Å². The van der Waals surface area contributed by atoms with Crippen LogP contribution in [0, 0.1) is 0 Å². The van der Waals surface area contributed by atoms with Gasteiger partial charge in [0.15, 0.2) is 0 Å². The molecule has 0 atom stereocenters. The molecular weight excluding hydrogens is 330 g/mol. The summed E-state index contributed by atoms with van der Waals surface area (Å²) in [4.78, 5) is 28.9. The van der Waals surface area contributed by atoms with Crippen LogP contribution in [-0.2, 0) is 0 Å². The molecule has 0 fully saturated rings. The lowest BCUT2D eigenvalue weighted by Gasteiger charge is -2.08. The summed E-state index contributed by atoms with van der Waals surface area (Å²) >= 11 is 0. The molecule has 0 aliphatic carbocycles. The van der Waals surface area contributed by atoms with E-state index < -0.39 is 5.91 Å². The van der Waals surface area contributed by atoms with Crippen molar-refractivity contribution in [2.45, 2.75) is 0 Å². The lowest BCUT2D eigenvalue weighted by molar-refractivity contribution is 0.101. The molecule has 0 saturated heterocycles. The highest BCUT2D eigenvalue weighted by molar-refractivity contribution is 6.06. The number of hydrogen-bond acceptors (Lipinski definition) is 4. The van der Waals surface area contributed by atoms with Crippen molar-refractivity contribution in [3.05, 3.63) is 84.2 Å². The second-order valence-corrected chi connectivity index (χ2v) is 5.41. The summed E-state index contributed by atoms with van der Waals surface area (Å²) in [5.74, 6) is -0.161. The molecule has 2 N–H and O–H groups in total. The van der Waals surface area contributed by atoms with Crippen LogP contribution in [0.5, 0.6) is 5.75 Å². The van der Waals surface area contributed by atoms with Crippen molar-refractivity contribution in [1.29, 1.82) is 0 Å². The predicted molar refractivity (Wildman–Crippen MR) is 99.6 cm³/mol. The van der Waals surface area contributed by atoms with E-state index in [4.69, 9.17) is 4.74 Å². The van der Waals surface area contributed by atoms with E-state index in [1.165, 1.54) is 0 Å². The average molecular weight is 347 g/mol. The average Bonchev–Trinajstić information content (AvgIpc) is 2.69. The first-order chi connectivity index (χ1) is 12.7. The molecule has 1 heterocycles. The van der Waals surface area contributed by atoms with Gasteiger partial charge in [-0.1, -0.05) is 30.3 Å². The molecule has 0 aliphatic heterocycles. The van der Waals surface area contributed by atoms with Crippen LogP contribution in [0.1, 0.15) is 21.0 Å². The number of carbonyl (C=O) groups is 2. The Hall–Kier alpha value is -3.67. The van der Waals surface area contributed by atoms with Crippen LogP contribution in [0.2, 0.25) is 0 Å². The van der Waals surface area contributed by atoms with Gasteiger partial charge in [0, 0.05) is 17.4 Å². The molecule has 0 unspecified atom stereocenters. The number of para-hydroxylation sites is 1. The van der Waals surface area contributed by atoms with Crippen LogP contribution < -0.4 is 15.4 Å². The van der Waals surface area contributed by atoms with Crippen molar-refractivity contribution in [2.75, 3.05) is 17.7 Å². The zero-order chi connectivity index (χ0) is 18.4. The second kappa shape index (κ2) is 7.94. The second-order valence-electron chi connectivity index (χ2n) is 5.41. The quantitative estimate of drug-likeness (QED) is 0.739. The molecule has 6 nitrogen and oxygen atoms in total. The molecule has 0 radical (unpaired) electrons. The number of methoxy groups -OCH3 is 1. The molecule has 0 aliphatic rings. The Morgan fingerprint density at radius 3 is 2.00 bits per heavy atom. The number of benzene rings is 2. The molecule has 0 spiro atoms. The van der Waals surface area contributed by atoms with Crippen LogP contribution in [0.3, 0.4) is 0 Å². The van der Waals surface area contributed by atoms with Gasteiger partial charge in [-0.15, -0.1) is 0 Å². The van der Waals surface area contributed by atoms with Crippen molar-refractivity contribution in [2.24, 2.45) is 0 Å². The number of ether oxygens (including phenoxy) is 1. The topological polar surface area (TPSA) is 80.3 Å². The molecule has 1 aromatic heterocycles. The fourth-order valence-corrected chi connectivity index (χ4v) is 2.30. The van der Waals surface area contributed by atoms with E-state index in [1.807, 2.05) is 18.2 Å². The Morgan fingerprint density at radius 1 is 0.769 bits per heavy atom. The third kappa shape index (κ3) is 4.24. The predicted octanol–water partition coefficient (Wildman–Crippen LogP) is 3.59. The SMILES string of the molecule is COc1cccc(NC(=O)c2cccc(C(=O)Nc3ccccc3)n2)c1. The molecule has 3 aromatic rings. The van der Waals surface area contributed by atoms with Gasteiger partial charge in [0.1, 0.15) is 17.1 Å². The zero-order valence-electron chi connectivity index (χ0n) is 14.1. The number of hydrogen-bond donors (Lipinski definition) is 2. The number of carbonyl (C=O) groups excluding carboxylic acids is 2. The van der Waals surface area contributed by atoms with E-state index >= 15 is 0 Å². The van der Waals surface area contributed by atoms with Gasteiger partial charge in [-0.3, -0.25) is 9.59 Å². The van der Waals surface area contributed by atoms with Crippen molar-refractivity contribution in [3.8, 4) is 5.75 Å². The minimum Gasteiger partial charge on any atom is -0.497 e. The summed E-state index contributed by atoms with van der Waals surface area (Å²) in [6.07, 6.45) is 0. The summed E-state index contributed by atoms with van der Waals surface area (Å²) in [6, 6.07) is 20.8. The smallest absolute Gasteiger partial charge is 0.274 e. The molecule has 26 heavy (non-hydrogen) atoms.